The fourth-order valence-electron chi connectivity index (χ4n) is 9.36. The van der Waals surface area contributed by atoms with Gasteiger partial charge in [0.25, 0.3) is 0 Å². The molecule has 0 spiro atoms. The van der Waals surface area contributed by atoms with Gasteiger partial charge in [0.15, 0.2) is 6.23 Å². The molecule has 0 saturated carbocycles. The van der Waals surface area contributed by atoms with E-state index in [0.29, 0.717) is 18.4 Å². The first-order valence-corrected chi connectivity index (χ1v) is 26.1. The lowest BCUT2D eigenvalue weighted by Gasteiger charge is -2.33. The van der Waals surface area contributed by atoms with Gasteiger partial charge >= 0.3 is 0 Å². The van der Waals surface area contributed by atoms with Crippen LogP contribution in [0.25, 0.3) is 0 Å². The number of amides is 7. The number of carbonyl (C=O) groups is 7. The van der Waals surface area contributed by atoms with Crippen molar-refractivity contribution in [2.45, 2.75) is 203 Å². The summed E-state index contributed by atoms with van der Waals surface area (Å²) in [5.74, 6) is -8.35. The van der Waals surface area contributed by atoms with Gasteiger partial charge in [0.1, 0.15) is 48.1 Å². The summed E-state index contributed by atoms with van der Waals surface area (Å²) in [6.07, 6.45) is 5.11. The number of aliphatic hydroxyl groups is 7. The molecule has 74 heavy (non-hydrogen) atoms. The molecule has 3 heterocycles. The molecule has 1 aromatic carbocycles. The van der Waals surface area contributed by atoms with Gasteiger partial charge in [-0.3, -0.25) is 33.6 Å². The van der Waals surface area contributed by atoms with Gasteiger partial charge in [-0.15, -0.1) is 0 Å². The van der Waals surface area contributed by atoms with Crippen molar-refractivity contribution >= 4 is 41.4 Å². The van der Waals surface area contributed by atoms with Crippen LogP contribution in [0.4, 0.5) is 0 Å². The number of unbranched alkanes of at least 4 members (excludes halogenated alkanes) is 8. The number of phenolic OH excluding ortho intramolecular Hbond substituents is 1. The second-order valence-corrected chi connectivity index (χ2v) is 20.0. The monoisotopic (exact) mass is 1040 g/mol. The molecule has 0 bridgehead atoms. The molecule has 3 saturated heterocycles. The molecular formula is C52H81N7O15. The number of nitrogens with one attached hydrogen (secondary N) is 5. The minimum absolute atomic E-state index is 0.0536. The minimum Gasteiger partial charge on any atom is -0.508 e. The maximum absolute atomic E-state index is 14.3. The molecule has 7 amide bonds. The van der Waals surface area contributed by atoms with Gasteiger partial charge in [-0.2, -0.15) is 0 Å². The molecule has 13 N–H and O–H groups in total. The molecule has 14 atom stereocenters. The van der Waals surface area contributed by atoms with Crippen LogP contribution in [0, 0.1) is 5.92 Å². The molecule has 4 rings (SSSR count). The molecule has 0 aromatic heterocycles. The largest absolute Gasteiger partial charge is 0.508 e. The number of hydrogen-bond acceptors (Lipinski definition) is 15. The molecule has 1 aromatic rings. The van der Waals surface area contributed by atoms with E-state index in [-0.39, 0.29) is 25.1 Å². The van der Waals surface area contributed by atoms with E-state index in [1.54, 1.807) is 0 Å². The van der Waals surface area contributed by atoms with Gasteiger partial charge in [0, 0.05) is 44.7 Å². The number of fused-ring (bicyclic) bond motifs is 2. The summed E-state index contributed by atoms with van der Waals surface area (Å²) < 4.78 is 0. The van der Waals surface area contributed by atoms with Crippen molar-refractivity contribution in [1.29, 1.82) is 0 Å². The van der Waals surface area contributed by atoms with Crippen LogP contribution >= 0.6 is 0 Å². The zero-order valence-corrected chi connectivity index (χ0v) is 43.1. The van der Waals surface area contributed by atoms with Crippen LogP contribution in [-0.2, 0) is 40.0 Å². The lowest BCUT2D eigenvalue weighted by atomic mass is 9.99. The van der Waals surface area contributed by atoms with Crippen LogP contribution in [0.2, 0.25) is 0 Å². The third kappa shape index (κ3) is 18.1. The number of benzene rings is 1. The Morgan fingerprint density at radius 3 is 1.88 bits per heavy atom. The first-order chi connectivity index (χ1) is 35.1. The first-order valence-electron chi connectivity index (χ1n) is 26.1. The summed E-state index contributed by atoms with van der Waals surface area (Å²) in [4.78, 5) is 100. The number of carbonyl (C=O) groups excluding carboxylic acids is 7. The van der Waals surface area contributed by atoms with Crippen LogP contribution in [0.3, 0.4) is 0 Å². The Balaban J connectivity index is 1.60. The van der Waals surface area contributed by atoms with E-state index in [4.69, 9.17) is 0 Å². The predicted octanol–water partition coefficient (Wildman–Crippen LogP) is -0.821. The van der Waals surface area contributed by atoms with Gasteiger partial charge in [0.05, 0.1) is 30.5 Å². The van der Waals surface area contributed by atoms with E-state index in [1.807, 2.05) is 0 Å². The number of rotatable bonds is 20. The quantitative estimate of drug-likeness (QED) is 0.0561. The maximum atomic E-state index is 14.3. The summed E-state index contributed by atoms with van der Waals surface area (Å²) >= 11 is 0. The van der Waals surface area contributed by atoms with Crippen molar-refractivity contribution < 1.29 is 74.4 Å². The van der Waals surface area contributed by atoms with Crippen molar-refractivity contribution in [3.05, 3.63) is 54.1 Å². The smallest absolute Gasteiger partial charge is 0.248 e. The summed E-state index contributed by atoms with van der Waals surface area (Å²) in [7, 11) is 0. The van der Waals surface area contributed by atoms with E-state index in [0.717, 1.165) is 62.2 Å². The van der Waals surface area contributed by atoms with E-state index >= 15 is 0 Å². The van der Waals surface area contributed by atoms with E-state index in [1.165, 1.54) is 50.5 Å². The second kappa shape index (κ2) is 30.2. The lowest BCUT2D eigenvalue weighted by Crippen LogP contribution is -2.64. The Kier molecular flexibility index (Phi) is 24.9. The number of nitrogens with zero attached hydrogens (tertiary/aromatic N) is 2. The van der Waals surface area contributed by atoms with Gasteiger partial charge in [0.2, 0.25) is 41.4 Å². The number of aliphatic hydroxyl groups excluding tert-OH is 7. The Morgan fingerprint density at radius 2 is 1.26 bits per heavy atom. The number of allylic oxidation sites excluding steroid dienone is 4. The average Bonchev–Trinajstić information content (AvgIpc) is 3.89. The van der Waals surface area contributed by atoms with Gasteiger partial charge in [-0.1, -0.05) is 82.4 Å². The fourth-order valence-corrected chi connectivity index (χ4v) is 9.36. The molecule has 3 fully saturated rings. The zero-order chi connectivity index (χ0) is 54.6. The van der Waals surface area contributed by atoms with Crippen LogP contribution in [0.5, 0.6) is 5.75 Å². The van der Waals surface area contributed by atoms with E-state index in [2.05, 4.69) is 57.8 Å². The van der Waals surface area contributed by atoms with Crippen molar-refractivity contribution in [2.75, 3.05) is 13.1 Å². The molecule has 22 heteroatoms. The highest BCUT2D eigenvalue weighted by molar-refractivity contribution is 5.98. The Labute approximate surface area is 433 Å². The van der Waals surface area contributed by atoms with Gasteiger partial charge < -0.3 is 77.2 Å². The van der Waals surface area contributed by atoms with Gasteiger partial charge in [-0.25, -0.2) is 0 Å². The minimum atomic E-state index is -2.20. The molecule has 0 radical (unpaired) electrons. The van der Waals surface area contributed by atoms with Crippen molar-refractivity contribution in [1.82, 2.24) is 36.4 Å². The first kappa shape index (κ1) is 61.1. The highest BCUT2D eigenvalue weighted by atomic mass is 16.3. The van der Waals surface area contributed by atoms with Crippen LogP contribution < -0.4 is 26.6 Å². The van der Waals surface area contributed by atoms with Crippen molar-refractivity contribution in [3.8, 4) is 5.75 Å². The molecule has 3 aliphatic heterocycles. The standard InChI is InChI=1S/C52H81N7O15/c1-5-6-7-8-9-10-11-12-13-14-15-16-17-18-19-20-40(66)53-36-27-39(65)48(70)57-50(72)44-45(67)30(2)28-59(44)52(74)42(32(4)61)55-49(71)43(38(64)25-33-21-23-34(62)24-22-33)56-47(69)37-26-35(63)29-58(37)51(73)41(31(3)60)54-46(36)68/h9-10,12-13,21-24,30-32,35-39,41-45,48,60-65,67,70H,5-8,11,14-20,25-29H2,1-4H3,(H,53,66)(H,54,68)(H,55,71)(H,56,69)(H,57,72)/b10-9+,13-12+/t30-,31+,32+,35+,36+,37-,38+,39+,41-,42-,43-,44-,45-,48+/m0/s1. The molecule has 414 valence electrons. The number of aromatic hydroxyl groups is 1. The molecule has 0 unspecified atom stereocenters. The van der Waals surface area contributed by atoms with Crippen LogP contribution in [-0.4, -0.2) is 184 Å². The average molecular weight is 1040 g/mol. The topological polar surface area (TPSA) is 348 Å². The summed E-state index contributed by atoms with van der Waals surface area (Å²) in [5.41, 5.74) is 0.378. The maximum Gasteiger partial charge on any atom is 0.248 e. The highest BCUT2D eigenvalue weighted by Crippen LogP contribution is 2.27. The Bertz CT molecular complexity index is 2070. The summed E-state index contributed by atoms with van der Waals surface area (Å²) in [5, 5.41) is 99.5. The predicted molar refractivity (Wildman–Crippen MR) is 270 cm³/mol. The van der Waals surface area contributed by atoms with Crippen LogP contribution in [0.1, 0.15) is 123 Å². The second-order valence-electron chi connectivity index (χ2n) is 20.0. The zero-order valence-electron chi connectivity index (χ0n) is 43.1. The fraction of sp³-hybridized carbons (Fsp3) is 0.673. The molecule has 0 aliphatic carbocycles. The lowest BCUT2D eigenvalue weighted by molar-refractivity contribution is -0.148. The SMILES string of the molecule is CCCCC/C=C/C/C=C/CCCCCCCC(=O)N[C@@H]1C[C@@H](O)[C@@H](O)NC(=O)[C@@H]2[C@@H](O)[C@@H](C)CN2C(=O)[C@H]([C@@H](C)O)NC(=O)[C@H]([C@H](O)Cc2ccc(O)cc2)NC(=O)[C@@H]2C[C@@H](O)CN2C(=O)[C@H]([C@@H](C)O)NC1=O. The summed E-state index contributed by atoms with van der Waals surface area (Å²) in [6, 6.07) is -5.28. The molecular weight excluding hydrogens is 963 g/mol. The van der Waals surface area contributed by atoms with Crippen molar-refractivity contribution in [3.63, 3.8) is 0 Å². The van der Waals surface area contributed by atoms with Gasteiger partial charge in [-0.05, 0) is 70.1 Å². The number of hydrogen-bond donors (Lipinski definition) is 13. The Hall–Kier alpha value is -5.49. The van der Waals surface area contributed by atoms with Crippen molar-refractivity contribution in [2.24, 2.45) is 5.92 Å². The van der Waals surface area contributed by atoms with E-state index in [9.17, 15) is 74.4 Å². The highest BCUT2D eigenvalue weighted by Gasteiger charge is 2.50. The third-order valence-corrected chi connectivity index (χ3v) is 13.7. The normalized spacial score (nSPS) is 29.2. The van der Waals surface area contributed by atoms with E-state index < -0.39 is 146 Å². The molecule has 22 nitrogen and oxygen atoms in total. The molecule has 3 aliphatic rings. The Morgan fingerprint density at radius 1 is 0.689 bits per heavy atom. The third-order valence-electron chi connectivity index (χ3n) is 13.7. The number of phenols is 1. The van der Waals surface area contributed by atoms with Crippen LogP contribution in [0.15, 0.2) is 48.6 Å². The summed E-state index contributed by atoms with van der Waals surface area (Å²) in [6.45, 7) is 5.17.